The van der Waals surface area contributed by atoms with Gasteiger partial charge in [-0.15, -0.1) is 0 Å². The zero-order valence-corrected chi connectivity index (χ0v) is 10.1. The quantitative estimate of drug-likeness (QED) is 0.661. The number of nitrogens with zero attached hydrogens (tertiary/aromatic N) is 1. The number of rotatable bonds is 2. The Morgan fingerprint density at radius 1 is 0.778 bits per heavy atom. The van der Waals surface area contributed by atoms with E-state index in [0.29, 0.717) is 0 Å². The van der Waals surface area contributed by atoms with E-state index in [9.17, 15) is 0 Å². The van der Waals surface area contributed by atoms with Gasteiger partial charge in [-0.05, 0) is 6.92 Å². The summed E-state index contributed by atoms with van der Waals surface area (Å²) >= 11 is 0. The maximum atomic E-state index is 5.49. The average Bonchev–Trinajstić information content (AvgIpc) is 2.83. The summed E-state index contributed by atoms with van der Waals surface area (Å²) in [7, 11) is 0. The van der Waals surface area contributed by atoms with Crippen molar-refractivity contribution in [2.24, 2.45) is 0 Å². The van der Waals surface area contributed by atoms with Crippen molar-refractivity contribution >= 4 is 0 Å². The monoisotopic (exact) mass is 235 g/mol. The molecule has 0 atom stereocenters. The molecule has 0 saturated carbocycles. The van der Waals surface area contributed by atoms with Crippen LogP contribution < -0.4 is 0 Å². The lowest BCUT2D eigenvalue weighted by atomic mass is 10.0. The SMILES string of the molecule is Cc1c(-c2ccccc2)noc1-c1ccccc1. The topological polar surface area (TPSA) is 26.0 Å². The van der Waals surface area contributed by atoms with Gasteiger partial charge in [0.15, 0.2) is 5.76 Å². The first-order chi connectivity index (χ1) is 8.86. The van der Waals surface area contributed by atoms with Crippen LogP contribution in [0.15, 0.2) is 65.2 Å². The van der Waals surface area contributed by atoms with Gasteiger partial charge in [0.2, 0.25) is 0 Å². The largest absolute Gasteiger partial charge is 0.355 e. The molecule has 2 aromatic carbocycles. The van der Waals surface area contributed by atoms with E-state index in [2.05, 4.69) is 5.16 Å². The number of benzene rings is 2. The van der Waals surface area contributed by atoms with E-state index in [-0.39, 0.29) is 0 Å². The van der Waals surface area contributed by atoms with E-state index in [4.69, 9.17) is 4.52 Å². The molecule has 0 bridgehead atoms. The summed E-state index contributed by atoms with van der Waals surface area (Å²) in [6.45, 7) is 2.04. The van der Waals surface area contributed by atoms with Gasteiger partial charge >= 0.3 is 0 Å². The van der Waals surface area contributed by atoms with Gasteiger partial charge in [-0.2, -0.15) is 0 Å². The first kappa shape index (κ1) is 10.8. The molecule has 0 aliphatic heterocycles. The highest BCUT2D eigenvalue weighted by Crippen LogP contribution is 2.30. The molecule has 2 nitrogen and oxygen atoms in total. The molecule has 3 rings (SSSR count). The van der Waals surface area contributed by atoms with Crippen LogP contribution in [0.2, 0.25) is 0 Å². The van der Waals surface area contributed by atoms with Crippen LogP contribution in [-0.2, 0) is 0 Å². The molecule has 18 heavy (non-hydrogen) atoms. The van der Waals surface area contributed by atoms with E-state index < -0.39 is 0 Å². The normalized spacial score (nSPS) is 10.5. The van der Waals surface area contributed by atoms with Gasteiger partial charge in [-0.3, -0.25) is 0 Å². The number of hydrogen-bond acceptors (Lipinski definition) is 2. The summed E-state index contributed by atoms with van der Waals surface area (Å²) in [6.07, 6.45) is 0. The highest BCUT2D eigenvalue weighted by atomic mass is 16.5. The molecule has 3 aromatic rings. The third kappa shape index (κ3) is 1.82. The molecule has 0 fully saturated rings. The minimum absolute atomic E-state index is 0.842. The van der Waals surface area contributed by atoms with E-state index in [0.717, 1.165) is 28.1 Å². The Hall–Kier alpha value is -2.35. The van der Waals surface area contributed by atoms with Gasteiger partial charge in [0.1, 0.15) is 5.69 Å². The molecule has 0 radical (unpaired) electrons. The third-order valence-electron chi connectivity index (χ3n) is 3.01. The maximum absolute atomic E-state index is 5.49. The van der Waals surface area contributed by atoms with E-state index in [1.54, 1.807) is 0 Å². The van der Waals surface area contributed by atoms with E-state index in [1.165, 1.54) is 0 Å². The van der Waals surface area contributed by atoms with Crippen molar-refractivity contribution in [3.63, 3.8) is 0 Å². The Morgan fingerprint density at radius 2 is 1.33 bits per heavy atom. The van der Waals surface area contributed by atoms with E-state index >= 15 is 0 Å². The molecule has 0 aliphatic rings. The fourth-order valence-electron chi connectivity index (χ4n) is 2.06. The molecule has 0 unspecified atom stereocenters. The second-order valence-electron chi connectivity index (χ2n) is 4.22. The van der Waals surface area contributed by atoms with Crippen LogP contribution in [0.3, 0.4) is 0 Å². The predicted octanol–water partition coefficient (Wildman–Crippen LogP) is 4.32. The summed E-state index contributed by atoms with van der Waals surface area (Å²) in [5, 5.41) is 4.19. The van der Waals surface area contributed by atoms with Gasteiger partial charge in [-0.25, -0.2) is 0 Å². The van der Waals surface area contributed by atoms with Crippen molar-refractivity contribution in [2.75, 3.05) is 0 Å². The van der Waals surface area contributed by atoms with Crippen molar-refractivity contribution in [1.29, 1.82) is 0 Å². The summed E-state index contributed by atoms with van der Waals surface area (Å²) in [5.74, 6) is 0.842. The fourth-order valence-corrected chi connectivity index (χ4v) is 2.06. The maximum Gasteiger partial charge on any atom is 0.170 e. The van der Waals surface area contributed by atoms with Gasteiger partial charge in [-0.1, -0.05) is 65.8 Å². The minimum Gasteiger partial charge on any atom is -0.355 e. The number of hydrogen-bond donors (Lipinski definition) is 0. The molecule has 88 valence electrons. The van der Waals surface area contributed by atoms with E-state index in [1.807, 2.05) is 67.6 Å². The zero-order valence-electron chi connectivity index (χ0n) is 10.1. The van der Waals surface area contributed by atoms with Crippen LogP contribution in [0.25, 0.3) is 22.6 Å². The number of aromatic nitrogens is 1. The van der Waals surface area contributed by atoms with Crippen LogP contribution >= 0.6 is 0 Å². The highest BCUT2D eigenvalue weighted by molar-refractivity contribution is 5.71. The van der Waals surface area contributed by atoms with Crippen molar-refractivity contribution in [3.05, 3.63) is 66.2 Å². The lowest BCUT2D eigenvalue weighted by Crippen LogP contribution is -1.81. The van der Waals surface area contributed by atoms with Gasteiger partial charge in [0.05, 0.1) is 0 Å². The minimum atomic E-state index is 0.842. The Labute approximate surface area is 106 Å². The Balaban J connectivity index is 2.09. The van der Waals surface area contributed by atoms with Crippen LogP contribution in [0.1, 0.15) is 5.56 Å². The van der Waals surface area contributed by atoms with Crippen molar-refractivity contribution in [2.45, 2.75) is 6.92 Å². The lowest BCUT2D eigenvalue weighted by molar-refractivity contribution is 0.434. The first-order valence-electron chi connectivity index (χ1n) is 5.93. The third-order valence-corrected chi connectivity index (χ3v) is 3.01. The molecule has 1 heterocycles. The highest BCUT2D eigenvalue weighted by Gasteiger charge is 2.14. The first-order valence-corrected chi connectivity index (χ1v) is 5.93. The average molecular weight is 235 g/mol. The zero-order chi connectivity index (χ0) is 12.4. The van der Waals surface area contributed by atoms with Crippen LogP contribution in [-0.4, -0.2) is 5.16 Å². The standard InChI is InChI=1S/C16H13NO/c1-12-15(13-8-4-2-5-9-13)17-18-16(12)14-10-6-3-7-11-14/h2-11H,1H3. The molecule has 0 saturated heterocycles. The summed E-state index contributed by atoms with van der Waals surface area (Å²) in [4.78, 5) is 0. The Kier molecular flexibility index (Phi) is 2.69. The molecule has 0 amide bonds. The van der Waals surface area contributed by atoms with Crippen LogP contribution in [0.5, 0.6) is 0 Å². The molecule has 0 aliphatic carbocycles. The van der Waals surface area contributed by atoms with Crippen LogP contribution in [0, 0.1) is 6.92 Å². The van der Waals surface area contributed by atoms with Crippen LogP contribution in [0.4, 0.5) is 0 Å². The molecular formula is C16H13NO. The Bertz CT molecular complexity index is 584. The molecule has 0 N–H and O–H groups in total. The lowest BCUT2D eigenvalue weighted by Gasteiger charge is -1.98. The van der Waals surface area contributed by atoms with Crippen molar-refractivity contribution in [1.82, 2.24) is 5.16 Å². The second kappa shape index (κ2) is 4.49. The fraction of sp³-hybridized carbons (Fsp3) is 0.0625. The van der Waals surface area contributed by atoms with Gasteiger partial charge in [0, 0.05) is 16.7 Å². The molecule has 2 heteroatoms. The Morgan fingerprint density at radius 3 is 1.94 bits per heavy atom. The summed E-state index contributed by atoms with van der Waals surface area (Å²) < 4.78 is 5.49. The predicted molar refractivity (Wildman–Crippen MR) is 72.1 cm³/mol. The summed E-state index contributed by atoms with van der Waals surface area (Å²) in [5.41, 5.74) is 4.13. The smallest absolute Gasteiger partial charge is 0.170 e. The van der Waals surface area contributed by atoms with Gasteiger partial charge < -0.3 is 4.52 Å². The molecule has 1 aromatic heterocycles. The summed E-state index contributed by atoms with van der Waals surface area (Å²) in [6, 6.07) is 20.1. The van der Waals surface area contributed by atoms with Crippen molar-refractivity contribution in [3.8, 4) is 22.6 Å². The molecule has 0 spiro atoms. The van der Waals surface area contributed by atoms with Gasteiger partial charge in [0.25, 0.3) is 0 Å². The van der Waals surface area contributed by atoms with Crippen molar-refractivity contribution < 1.29 is 4.52 Å². The molecular weight excluding hydrogens is 222 g/mol. The second-order valence-corrected chi connectivity index (χ2v) is 4.22.